The zero-order valence-corrected chi connectivity index (χ0v) is 11.2. The smallest absolute Gasteiger partial charge is 0.246 e. The van der Waals surface area contributed by atoms with E-state index in [4.69, 9.17) is 4.74 Å². The third-order valence-electron chi connectivity index (χ3n) is 3.10. The number of amides is 1. The number of ether oxygens (including phenoxy) is 1. The van der Waals surface area contributed by atoms with Crippen molar-refractivity contribution in [3.8, 4) is 0 Å². The first-order valence-corrected chi connectivity index (χ1v) is 6.58. The van der Waals surface area contributed by atoms with Crippen LogP contribution in [0.1, 0.15) is 5.56 Å². The lowest BCUT2D eigenvalue weighted by molar-refractivity contribution is -0.133. The normalized spacial score (nSPS) is 19.8. The van der Waals surface area contributed by atoms with Crippen molar-refractivity contribution >= 4 is 12.0 Å². The number of nitrogens with one attached hydrogen (secondary N) is 1. The number of hydrogen-bond donors (Lipinski definition) is 1. The third kappa shape index (κ3) is 4.19. The molecular formula is C15H20N2O2. The van der Waals surface area contributed by atoms with Crippen molar-refractivity contribution in [2.24, 2.45) is 0 Å². The van der Waals surface area contributed by atoms with E-state index in [0.29, 0.717) is 19.7 Å². The molecule has 1 heterocycles. The summed E-state index contributed by atoms with van der Waals surface area (Å²) in [6, 6.07) is 9.84. The van der Waals surface area contributed by atoms with Gasteiger partial charge in [0, 0.05) is 25.7 Å². The Kier molecular flexibility index (Phi) is 5.12. The van der Waals surface area contributed by atoms with E-state index >= 15 is 0 Å². The highest BCUT2D eigenvalue weighted by Gasteiger charge is 2.22. The fourth-order valence-corrected chi connectivity index (χ4v) is 2.11. The van der Waals surface area contributed by atoms with E-state index in [1.807, 2.05) is 48.4 Å². The first-order valence-electron chi connectivity index (χ1n) is 6.58. The van der Waals surface area contributed by atoms with Gasteiger partial charge < -0.3 is 15.0 Å². The molecule has 0 radical (unpaired) electrons. The molecule has 4 nitrogen and oxygen atoms in total. The maximum atomic E-state index is 12.1. The molecule has 0 aromatic heterocycles. The van der Waals surface area contributed by atoms with Gasteiger partial charge >= 0.3 is 0 Å². The number of carbonyl (C=O) groups excluding carboxylic acids is 1. The predicted octanol–water partition coefficient (Wildman–Crippen LogP) is 1.15. The molecule has 0 aliphatic carbocycles. The van der Waals surface area contributed by atoms with Crippen LogP contribution in [0.4, 0.5) is 0 Å². The molecule has 1 atom stereocenters. The van der Waals surface area contributed by atoms with Crippen LogP contribution < -0.4 is 5.32 Å². The summed E-state index contributed by atoms with van der Waals surface area (Å²) < 4.78 is 5.58. The molecule has 4 heteroatoms. The molecule has 1 aromatic carbocycles. The van der Waals surface area contributed by atoms with Crippen molar-refractivity contribution in [3.63, 3.8) is 0 Å². The van der Waals surface area contributed by atoms with Crippen LogP contribution in [0.25, 0.3) is 6.08 Å². The van der Waals surface area contributed by atoms with Crippen LogP contribution in [0.15, 0.2) is 36.4 Å². The van der Waals surface area contributed by atoms with Gasteiger partial charge in [0.15, 0.2) is 0 Å². The average Bonchev–Trinajstić information content (AvgIpc) is 2.46. The third-order valence-corrected chi connectivity index (χ3v) is 3.10. The Labute approximate surface area is 114 Å². The molecule has 2 rings (SSSR count). The van der Waals surface area contributed by atoms with Gasteiger partial charge in [-0.05, 0) is 18.7 Å². The van der Waals surface area contributed by atoms with Gasteiger partial charge in [-0.15, -0.1) is 0 Å². The fraction of sp³-hybridized carbons (Fsp3) is 0.400. The molecule has 1 amide bonds. The van der Waals surface area contributed by atoms with Crippen LogP contribution in [0, 0.1) is 0 Å². The minimum absolute atomic E-state index is 0.0493. The molecule has 102 valence electrons. The Balaban J connectivity index is 1.90. The zero-order valence-electron chi connectivity index (χ0n) is 11.2. The van der Waals surface area contributed by atoms with E-state index < -0.39 is 0 Å². The Bertz CT molecular complexity index is 429. The highest BCUT2D eigenvalue weighted by Crippen LogP contribution is 2.07. The minimum atomic E-state index is 0.0493. The Morgan fingerprint density at radius 1 is 1.47 bits per heavy atom. The zero-order chi connectivity index (χ0) is 13.5. The largest absolute Gasteiger partial charge is 0.373 e. The second kappa shape index (κ2) is 7.07. The molecular weight excluding hydrogens is 240 g/mol. The summed E-state index contributed by atoms with van der Waals surface area (Å²) in [6.07, 6.45) is 3.58. The number of rotatable bonds is 4. The van der Waals surface area contributed by atoms with Crippen molar-refractivity contribution in [1.82, 2.24) is 10.2 Å². The second-order valence-corrected chi connectivity index (χ2v) is 4.58. The lowest BCUT2D eigenvalue weighted by Crippen LogP contribution is -2.48. The maximum Gasteiger partial charge on any atom is 0.246 e. The van der Waals surface area contributed by atoms with E-state index in [1.165, 1.54) is 0 Å². The van der Waals surface area contributed by atoms with Crippen molar-refractivity contribution in [2.45, 2.75) is 6.10 Å². The Morgan fingerprint density at radius 2 is 2.26 bits per heavy atom. The van der Waals surface area contributed by atoms with E-state index in [0.717, 1.165) is 12.1 Å². The van der Waals surface area contributed by atoms with Crippen LogP contribution >= 0.6 is 0 Å². The topological polar surface area (TPSA) is 41.6 Å². The lowest BCUT2D eigenvalue weighted by atomic mass is 10.2. The number of likely N-dealkylation sites (N-methyl/N-ethyl adjacent to an activating group) is 1. The molecule has 1 aromatic rings. The van der Waals surface area contributed by atoms with Gasteiger partial charge in [-0.2, -0.15) is 0 Å². The van der Waals surface area contributed by atoms with Gasteiger partial charge in [-0.3, -0.25) is 4.79 Å². The fourth-order valence-electron chi connectivity index (χ4n) is 2.11. The molecule has 0 spiro atoms. The molecule has 0 bridgehead atoms. The molecule has 1 aliphatic rings. The molecule has 19 heavy (non-hydrogen) atoms. The standard InChI is InChI=1S/C15H20N2O2/c1-16-11-14-12-17(9-10-19-14)15(18)8-7-13-5-3-2-4-6-13/h2-8,14,16H,9-12H2,1H3/b8-7+. The SMILES string of the molecule is CNCC1CN(C(=O)/C=C/c2ccccc2)CCO1. The average molecular weight is 260 g/mol. The molecule has 1 unspecified atom stereocenters. The van der Waals surface area contributed by atoms with Gasteiger partial charge in [0.25, 0.3) is 0 Å². The first kappa shape index (κ1) is 13.8. The first-order chi connectivity index (χ1) is 9.29. The number of morpholine rings is 1. The molecule has 1 saturated heterocycles. The van der Waals surface area contributed by atoms with Crippen molar-refractivity contribution < 1.29 is 9.53 Å². The number of hydrogen-bond acceptors (Lipinski definition) is 3. The summed E-state index contributed by atoms with van der Waals surface area (Å²) in [4.78, 5) is 13.9. The van der Waals surface area contributed by atoms with E-state index in [1.54, 1.807) is 6.08 Å². The predicted molar refractivity (Wildman–Crippen MR) is 75.7 cm³/mol. The summed E-state index contributed by atoms with van der Waals surface area (Å²) >= 11 is 0. The highest BCUT2D eigenvalue weighted by molar-refractivity contribution is 5.91. The Morgan fingerprint density at radius 3 is 3.00 bits per heavy atom. The Hall–Kier alpha value is -1.65. The number of carbonyl (C=O) groups is 1. The van der Waals surface area contributed by atoms with Crippen LogP contribution in [0.3, 0.4) is 0 Å². The monoisotopic (exact) mass is 260 g/mol. The highest BCUT2D eigenvalue weighted by atomic mass is 16.5. The molecule has 1 N–H and O–H groups in total. The van der Waals surface area contributed by atoms with E-state index in [2.05, 4.69) is 5.32 Å². The van der Waals surface area contributed by atoms with E-state index in [-0.39, 0.29) is 12.0 Å². The van der Waals surface area contributed by atoms with Gasteiger partial charge in [-0.1, -0.05) is 30.3 Å². The van der Waals surface area contributed by atoms with Crippen LogP contribution in [0.2, 0.25) is 0 Å². The lowest BCUT2D eigenvalue weighted by Gasteiger charge is -2.32. The second-order valence-electron chi connectivity index (χ2n) is 4.58. The van der Waals surface area contributed by atoms with Gasteiger partial charge in [0.2, 0.25) is 5.91 Å². The van der Waals surface area contributed by atoms with Crippen LogP contribution in [-0.2, 0) is 9.53 Å². The maximum absolute atomic E-state index is 12.1. The molecule has 1 aliphatic heterocycles. The van der Waals surface area contributed by atoms with Gasteiger partial charge in [0.05, 0.1) is 12.7 Å². The number of benzene rings is 1. The quantitative estimate of drug-likeness (QED) is 0.826. The summed E-state index contributed by atoms with van der Waals surface area (Å²) in [5.41, 5.74) is 1.04. The van der Waals surface area contributed by atoms with Crippen LogP contribution in [-0.4, -0.2) is 50.2 Å². The van der Waals surface area contributed by atoms with Crippen molar-refractivity contribution in [3.05, 3.63) is 42.0 Å². The summed E-state index contributed by atoms with van der Waals surface area (Å²) in [6.45, 7) is 2.69. The molecule has 0 saturated carbocycles. The van der Waals surface area contributed by atoms with Crippen molar-refractivity contribution in [1.29, 1.82) is 0 Å². The van der Waals surface area contributed by atoms with Crippen LogP contribution in [0.5, 0.6) is 0 Å². The van der Waals surface area contributed by atoms with Crippen molar-refractivity contribution in [2.75, 3.05) is 33.3 Å². The van der Waals surface area contributed by atoms with E-state index in [9.17, 15) is 4.79 Å². The summed E-state index contributed by atoms with van der Waals surface area (Å²) in [5, 5.41) is 3.07. The molecule has 1 fully saturated rings. The van der Waals surface area contributed by atoms with Gasteiger partial charge in [-0.25, -0.2) is 0 Å². The summed E-state index contributed by atoms with van der Waals surface area (Å²) in [7, 11) is 1.89. The summed E-state index contributed by atoms with van der Waals surface area (Å²) in [5.74, 6) is 0.0493. The number of nitrogens with zero attached hydrogens (tertiary/aromatic N) is 1. The minimum Gasteiger partial charge on any atom is -0.373 e. The van der Waals surface area contributed by atoms with Gasteiger partial charge in [0.1, 0.15) is 0 Å².